The van der Waals surface area contributed by atoms with Gasteiger partial charge in [0.05, 0.1) is 5.69 Å². The first-order valence-electron chi connectivity index (χ1n) is 9.81. The van der Waals surface area contributed by atoms with Crippen LogP contribution < -0.4 is 5.32 Å². The largest absolute Gasteiger partial charge is 0.337 e. The molecule has 0 radical (unpaired) electrons. The highest BCUT2D eigenvalue weighted by molar-refractivity contribution is 5.94. The first-order valence-corrected chi connectivity index (χ1v) is 9.81. The number of halogens is 1. The van der Waals surface area contributed by atoms with Gasteiger partial charge in [0.2, 0.25) is 0 Å². The molecule has 27 heavy (non-hydrogen) atoms. The zero-order valence-electron chi connectivity index (χ0n) is 16.2. The topological polar surface area (TPSA) is 50.2 Å². The highest BCUT2D eigenvalue weighted by atomic mass is 35.5. The smallest absolute Gasteiger partial charge is 0.274 e. The number of amides is 1. The number of piperidine rings is 1. The summed E-state index contributed by atoms with van der Waals surface area (Å²) in [5, 5.41) is 8.19. The number of carbonyl (C=O) groups is 1. The van der Waals surface area contributed by atoms with Gasteiger partial charge in [-0.15, -0.1) is 12.4 Å². The normalized spacial score (nSPS) is 17.1. The fourth-order valence-corrected chi connectivity index (χ4v) is 4.20. The van der Waals surface area contributed by atoms with Gasteiger partial charge >= 0.3 is 0 Å². The molecule has 1 aliphatic carbocycles. The Kier molecular flexibility index (Phi) is 6.22. The van der Waals surface area contributed by atoms with Crippen LogP contribution in [-0.2, 0) is 12.8 Å². The lowest BCUT2D eigenvalue weighted by Gasteiger charge is -2.31. The molecular weight excluding hydrogens is 360 g/mol. The predicted octanol–water partition coefficient (Wildman–Crippen LogP) is 3.31. The van der Waals surface area contributed by atoms with Crippen molar-refractivity contribution < 1.29 is 4.79 Å². The number of hydrogen-bond donors (Lipinski definition) is 1. The summed E-state index contributed by atoms with van der Waals surface area (Å²) in [4.78, 5) is 15.2. The van der Waals surface area contributed by atoms with E-state index in [1.165, 1.54) is 23.2 Å². The van der Waals surface area contributed by atoms with Crippen LogP contribution >= 0.6 is 12.4 Å². The lowest BCUT2D eigenvalue weighted by molar-refractivity contribution is 0.0695. The number of benzene rings is 1. The summed E-state index contributed by atoms with van der Waals surface area (Å²) in [7, 11) is 1.94. The van der Waals surface area contributed by atoms with Gasteiger partial charge in [0, 0.05) is 24.3 Å². The molecule has 0 bridgehead atoms. The first-order chi connectivity index (χ1) is 12.6. The molecule has 146 valence electrons. The maximum atomic E-state index is 13.2. The highest BCUT2D eigenvalue weighted by Crippen LogP contribution is 2.28. The average molecular weight is 389 g/mol. The van der Waals surface area contributed by atoms with Crippen molar-refractivity contribution in [3.05, 3.63) is 46.8 Å². The Hall–Kier alpha value is -1.85. The number of rotatable bonds is 3. The molecule has 4 rings (SSSR count). The highest BCUT2D eigenvalue weighted by Gasteiger charge is 2.30. The van der Waals surface area contributed by atoms with Crippen molar-refractivity contribution >= 4 is 18.3 Å². The maximum Gasteiger partial charge on any atom is 0.274 e. The number of nitrogens with zero attached hydrogens (tertiary/aromatic N) is 3. The van der Waals surface area contributed by atoms with Crippen LogP contribution in [0.4, 0.5) is 0 Å². The van der Waals surface area contributed by atoms with Crippen LogP contribution in [0.3, 0.4) is 0 Å². The Balaban J connectivity index is 0.00000210. The Labute approximate surface area is 167 Å². The van der Waals surface area contributed by atoms with E-state index in [-0.39, 0.29) is 18.3 Å². The van der Waals surface area contributed by atoms with E-state index < -0.39 is 0 Å². The molecule has 5 nitrogen and oxygen atoms in total. The summed E-state index contributed by atoms with van der Waals surface area (Å²) in [5.41, 5.74) is 5.35. The van der Waals surface area contributed by atoms with E-state index in [0.717, 1.165) is 50.9 Å². The number of aryl methyl sites for hydroxylation is 1. The van der Waals surface area contributed by atoms with E-state index in [1.54, 1.807) is 0 Å². The number of nitrogens with one attached hydrogen (secondary N) is 1. The standard InChI is InChI=1S/C21H28N4O.ClH/c1-15-7-9-17(10-8-15)25-19-6-4-3-5-18(19)20(23-25)21(26)24(2)16-11-13-22-14-12-16;/h7-10,16,22H,3-6,11-14H2,1-2H3;1H. The van der Waals surface area contributed by atoms with Crippen LogP contribution in [0.25, 0.3) is 5.69 Å². The van der Waals surface area contributed by atoms with Crippen molar-refractivity contribution in [1.29, 1.82) is 0 Å². The SMILES string of the molecule is Cc1ccc(-n2nc(C(=O)N(C)C3CCNCC3)c3c2CCCC3)cc1.Cl. The molecule has 2 aromatic rings. The van der Waals surface area contributed by atoms with Crippen LogP contribution in [0.2, 0.25) is 0 Å². The van der Waals surface area contributed by atoms with E-state index >= 15 is 0 Å². The Morgan fingerprint density at radius 3 is 2.52 bits per heavy atom. The third-order valence-electron chi connectivity index (χ3n) is 5.84. The molecule has 1 amide bonds. The zero-order chi connectivity index (χ0) is 18.1. The lowest BCUT2D eigenvalue weighted by Crippen LogP contribution is -2.44. The van der Waals surface area contributed by atoms with E-state index in [4.69, 9.17) is 5.10 Å². The summed E-state index contributed by atoms with van der Waals surface area (Å²) < 4.78 is 2.01. The van der Waals surface area contributed by atoms with Crippen molar-refractivity contribution in [3.63, 3.8) is 0 Å². The predicted molar refractivity (Wildman–Crippen MR) is 110 cm³/mol. The minimum absolute atomic E-state index is 0. The quantitative estimate of drug-likeness (QED) is 0.877. The summed E-state index contributed by atoms with van der Waals surface area (Å²) in [5.74, 6) is 0.0842. The van der Waals surface area contributed by atoms with Gasteiger partial charge < -0.3 is 10.2 Å². The second-order valence-electron chi connectivity index (χ2n) is 7.63. The van der Waals surface area contributed by atoms with Crippen LogP contribution in [-0.4, -0.2) is 46.8 Å². The third-order valence-corrected chi connectivity index (χ3v) is 5.84. The van der Waals surface area contributed by atoms with Crippen LogP contribution in [0.15, 0.2) is 24.3 Å². The van der Waals surface area contributed by atoms with Crippen molar-refractivity contribution in [2.75, 3.05) is 20.1 Å². The van der Waals surface area contributed by atoms with Crippen molar-refractivity contribution in [3.8, 4) is 5.69 Å². The van der Waals surface area contributed by atoms with Gasteiger partial charge in [-0.3, -0.25) is 4.79 Å². The van der Waals surface area contributed by atoms with Crippen LogP contribution in [0, 0.1) is 6.92 Å². The average Bonchev–Trinajstić information content (AvgIpc) is 3.08. The number of fused-ring (bicyclic) bond motifs is 1. The summed E-state index contributed by atoms with van der Waals surface area (Å²) in [6, 6.07) is 8.72. The third kappa shape index (κ3) is 3.90. The zero-order valence-corrected chi connectivity index (χ0v) is 17.0. The van der Waals surface area contributed by atoms with Gasteiger partial charge in [0.15, 0.2) is 5.69 Å². The number of hydrogen-bond acceptors (Lipinski definition) is 3. The number of aromatic nitrogens is 2. The molecule has 1 fully saturated rings. The minimum Gasteiger partial charge on any atom is -0.337 e. The molecule has 0 atom stereocenters. The molecular formula is C21H29ClN4O. The van der Waals surface area contributed by atoms with Crippen molar-refractivity contribution in [2.45, 2.75) is 51.5 Å². The first kappa shape index (κ1) is 19.9. The second kappa shape index (κ2) is 8.44. The number of carbonyl (C=O) groups excluding carboxylic acids is 1. The van der Waals surface area contributed by atoms with Gasteiger partial charge in [-0.1, -0.05) is 17.7 Å². The monoisotopic (exact) mass is 388 g/mol. The van der Waals surface area contributed by atoms with Crippen molar-refractivity contribution in [1.82, 2.24) is 20.0 Å². The van der Waals surface area contributed by atoms with Gasteiger partial charge in [0.1, 0.15) is 0 Å². The van der Waals surface area contributed by atoms with Gasteiger partial charge in [-0.2, -0.15) is 5.10 Å². The maximum absolute atomic E-state index is 13.2. The van der Waals surface area contributed by atoms with Crippen LogP contribution in [0.5, 0.6) is 0 Å². The Morgan fingerprint density at radius 1 is 1.15 bits per heavy atom. The summed E-state index contributed by atoms with van der Waals surface area (Å²) in [6.45, 7) is 4.06. The van der Waals surface area contributed by atoms with E-state index in [1.807, 2.05) is 16.6 Å². The minimum atomic E-state index is 0. The van der Waals surface area contributed by atoms with Crippen LogP contribution in [0.1, 0.15) is 53.0 Å². The van der Waals surface area contributed by atoms with Crippen molar-refractivity contribution in [2.24, 2.45) is 0 Å². The molecule has 0 saturated carbocycles. The molecule has 6 heteroatoms. The molecule has 1 saturated heterocycles. The molecule has 2 aliphatic rings. The molecule has 1 N–H and O–H groups in total. The van der Waals surface area contributed by atoms with E-state index in [9.17, 15) is 4.79 Å². The van der Waals surface area contributed by atoms with Gasteiger partial charge in [-0.25, -0.2) is 4.68 Å². The second-order valence-corrected chi connectivity index (χ2v) is 7.63. The Bertz CT molecular complexity index is 793. The molecule has 0 unspecified atom stereocenters. The van der Waals surface area contributed by atoms with Gasteiger partial charge in [0.25, 0.3) is 5.91 Å². The molecule has 2 heterocycles. The molecule has 1 aromatic heterocycles. The molecule has 0 spiro atoms. The fraction of sp³-hybridized carbons (Fsp3) is 0.524. The van der Waals surface area contributed by atoms with E-state index in [0.29, 0.717) is 11.7 Å². The lowest BCUT2D eigenvalue weighted by atomic mass is 9.95. The summed E-state index contributed by atoms with van der Waals surface area (Å²) in [6.07, 6.45) is 6.31. The van der Waals surface area contributed by atoms with Gasteiger partial charge in [-0.05, 0) is 70.7 Å². The fourth-order valence-electron chi connectivity index (χ4n) is 4.20. The molecule has 1 aromatic carbocycles. The van der Waals surface area contributed by atoms with E-state index in [2.05, 4.69) is 36.5 Å². The Morgan fingerprint density at radius 2 is 1.81 bits per heavy atom. The summed E-state index contributed by atoms with van der Waals surface area (Å²) >= 11 is 0. The molecule has 1 aliphatic heterocycles.